The number of hydrogen-bond donors (Lipinski definition) is 2. The molecule has 0 aliphatic carbocycles. The van der Waals surface area contributed by atoms with Crippen LogP contribution in [0, 0.1) is 12.8 Å². The summed E-state index contributed by atoms with van der Waals surface area (Å²) in [6.45, 7) is 6.38. The van der Waals surface area contributed by atoms with Crippen molar-refractivity contribution in [1.29, 1.82) is 0 Å². The number of aryl methyl sites for hydroxylation is 1. The van der Waals surface area contributed by atoms with Gasteiger partial charge in [0.05, 0.1) is 5.69 Å². The molecule has 0 radical (unpaired) electrons. The van der Waals surface area contributed by atoms with E-state index in [4.69, 9.17) is 0 Å². The first-order valence-corrected chi connectivity index (χ1v) is 10.4. The van der Waals surface area contributed by atoms with Gasteiger partial charge in [0.15, 0.2) is 5.13 Å². The minimum atomic E-state index is 0.0589. The van der Waals surface area contributed by atoms with Crippen molar-refractivity contribution in [1.82, 2.24) is 9.97 Å². The van der Waals surface area contributed by atoms with Crippen LogP contribution in [-0.2, 0) is 4.79 Å². The van der Waals surface area contributed by atoms with Crippen molar-refractivity contribution in [2.75, 3.05) is 10.6 Å². The number of carbonyl (C=O) groups is 1. The summed E-state index contributed by atoms with van der Waals surface area (Å²) in [4.78, 5) is 20.9. The second-order valence-corrected chi connectivity index (χ2v) is 8.13. The Kier molecular flexibility index (Phi) is 6.76. The molecular formula is C22H26N4OS. The molecule has 0 atom stereocenters. The third-order valence-corrected chi connectivity index (χ3v) is 5.17. The number of hydrogen-bond acceptors (Lipinski definition) is 5. The molecule has 3 aromatic rings. The zero-order valence-electron chi connectivity index (χ0n) is 16.5. The highest BCUT2D eigenvalue weighted by Gasteiger charge is 2.09. The summed E-state index contributed by atoms with van der Waals surface area (Å²) in [6, 6.07) is 9.79. The molecule has 2 heterocycles. The van der Waals surface area contributed by atoms with Gasteiger partial charge in [-0.15, -0.1) is 11.3 Å². The standard InChI is InChI=1S/C22H26N4OS/c1-15(2)6-4-8-21(27)24-18-10-9-16(3)19(12-18)25-22-26-20(14-28-22)17-7-5-11-23-13-17/h5,7,9-15H,4,6,8H2,1-3H3,(H,24,27)(H,25,26). The second kappa shape index (κ2) is 9.46. The molecule has 1 aromatic carbocycles. The molecule has 0 saturated heterocycles. The van der Waals surface area contributed by atoms with Crippen LogP contribution < -0.4 is 10.6 Å². The fourth-order valence-electron chi connectivity index (χ4n) is 2.82. The van der Waals surface area contributed by atoms with Crippen LogP contribution in [0.1, 0.15) is 38.7 Å². The van der Waals surface area contributed by atoms with E-state index in [1.54, 1.807) is 23.7 Å². The summed E-state index contributed by atoms with van der Waals surface area (Å²) in [5, 5.41) is 9.18. The SMILES string of the molecule is Cc1ccc(NC(=O)CCCC(C)C)cc1Nc1nc(-c2cccnc2)cs1. The van der Waals surface area contributed by atoms with Crippen LogP contribution in [0.15, 0.2) is 48.1 Å². The summed E-state index contributed by atoms with van der Waals surface area (Å²) in [7, 11) is 0. The van der Waals surface area contributed by atoms with Crippen LogP contribution in [0.2, 0.25) is 0 Å². The zero-order chi connectivity index (χ0) is 19.9. The fourth-order valence-corrected chi connectivity index (χ4v) is 3.55. The summed E-state index contributed by atoms with van der Waals surface area (Å²) in [6.07, 6.45) is 6.09. The lowest BCUT2D eigenvalue weighted by molar-refractivity contribution is -0.116. The van der Waals surface area contributed by atoms with Gasteiger partial charge in [0, 0.05) is 41.1 Å². The molecule has 28 heavy (non-hydrogen) atoms. The number of amides is 1. The summed E-state index contributed by atoms with van der Waals surface area (Å²) in [5.41, 5.74) is 4.72. The third kappa shape index (κ3) is 5.63. The molecule has 2 N–H and O–H groups in total. The molecule has 1 amide bonds. The highest BCUT2D eigenvalue weighted by Crippen LogP contribution is 2.29. The van der Waals surface area contributed by atoms with Crippen molar-refractivity contribution in [3.8, 4) is 11.3 Å². The van der Waals surface area contributed by atoms with Crippen LogP contribution in [0.5, 0.6) is 0 Å². The Morgan fingerprint density at radius 3 is 2.86 bits per heavy atom. The van der Waals surface area contributed by atoms with Gasteiger partial charge in [-0.05, 0) is 49.1 Å². The Morgan fingerprint density at radius 1 is 1.25 bits per heavy atom. The smallest absolute Gasteiger partial charge is 0.224 e. The third-order valence-electron chi connectivity index (χ3n) is 4.41. The Labute approximate surface area is 170 Å². The van der Waals surface area contributed by atoms with Crippen molar-refractivity contribution >= 4 is 33.8 Å². The predicted molar refractivity (Wildman–Crippen MR) is 117 cm³/mol. The van der Waals surface area contributed by atoms with Gasteiger partial charge < -0.3 is 10.6 Å². The average molecular weight is 395 g/mol. The molecule has 0 aliphatic heterocycles. The zero-order valence-corrected chi connectivity index (χ0v) is 17.3. The lowest BCUT2D eigenvalue weighted by atomic mass is 10.1. The van der Waals surface area contributed by atoms with Gasteiger partial charge in [-0.25, -0.2) is 4.98 Å². The van der Waals surface area contributed by atoms with Crippen LogP contribution >= 0.6 is 11.3 Å². The van der Waals surface area contributed by atoms with Crippen LogP contribution in [0.25, 0.3) is 11.3 Å². The topological polar surface area (TPSA) is 66.9 Å². The highest BCUT2D eigenvalue weighted by molar-refractivity contribution is 7.14. The maximum Gasteiger partial charge on any atom is 0.224 e. The van der Waals surface area contributed by atoms with E-state index >= 15 is 0 Å². The molecule has 0 unspecified atom stereocenters. The minimum Gasteiger partial charge on any atom is -0.331 e. The van der Waals surface area contributed by atoms with Crippen LogP contribution in [0.3, 0.4) is 0 Å². The van der Waals surface area contributed by atoms with E-state index in [9.17, 15) is 4.79 Å². The molecule has 6 heteroatoms. The van der Waals surface area contributed by atoms with E-state index in [-0.39, 0.29) is 5.91 Å². The summed E-state index contributed by atoms with van der Waals surface area (Å²) >= 11 is 1.54. The normalized spacial score (nSPS) is 10.9. The van der Waals surface area contributed by atoms with E-state index in [2.05, 4.69) is 34.4 Å². The molecular weight excluding hydrogens is 368 g/mol. The lowest BCUT2D eigenvalue weighted by Gasteiger charge is -2.11. The monoisotopic (exact) mass is 394 g/mol. The van der Waals surface area contributed by atoms with Crippen molar-refractivity contribution in [3.05, 3.63) is 53.7 Å². The van der Waals surface area contributed by atoms with Crippen molar-refractivity contribution in [2.45, 2.75) is 40.0 Å². The Morgan fingerprint density at radius 2 is 2.11 bits per heavy atom. The first-order valence-electron chi connectivity index (χ1n) is 9.54. The summed E-state index contributed by atoms with van der Waals surface area (Å²) < 4.78 is 0. The van der Waals surface area contributed by atoms with E-state index in [1.807, 2.05) is 42.6 Å². The lowest BCUT2D eigenvalue weighted by Crippen LogP contribution is -2.11. The van der Waals surface area contributed by atoms with E-state index in [0.29, 0.717) is 12.3 Å². The van der Waals surface area contributed by atoms with Gasteiger partial charge in [0.1, 0.15) is 0 Å². The quantitative estimate of drug-likeness (QED) is 0.490. The largest absolute Gasteiger partial charge is 0.331 e. The second-order valence-electron chi connectivity index (χ2n) is 7.27. The Hall–Kier alpha value is -2.73. The van der Waals surface area contributed by atoms with E-state index in [0.717, 1.165) is 46.2 Å². The first-order chi connectivity index (χ1) is 13.5. The molecule has 2 aromatic heterocycles. The van der Waals surface area contributed by atoms with Gasteiger partial charge >= 0.3 is 0 Å². The van der Waals surface area contributed by atoms with Crippen molar-refractivity contribution in [3.63, 3.8) is 0 Å². The van der Waals surface area contributed by atoms with Gasteiger partial charge in [-0.3, -0.25) is 9.78 Å². The molecule has 0 fully saturated rings. The van der Waals surface area contributed by atoms with Gasteiger partial charge in [-0.2, -0.15) is 0 Å². The number of nitrogens with zero attached hydrogens (tertiary/aromatic N) is 2. The molecule has 0 bridgehead atoms. The molecule has 5 nitrogen and oxygen atoms in total. The minimum absolute atomic E-state index is 0.0589. The van der Waals surface area contributed by atoms with Crippen molar-refractivity contribution in [2.24, 2.45) is 5.92 Å². The predicted octanol–water partition coefficient (Wildman–Crippen LogP) is 6.02. The number of thiazole rings is 1. The number of benzene rings is 1. The first kappa shape index (κ1) is 20.0. The van der Waals surface area contributed by atoms with E-state index in [1.165, 1.54) is 0 Å². The number of aromatic nitrogens is 2. The molecule has 146 valence electrons. The maximum absolute atomic E-state index is 12.2. The highest BCUT2D eigenvalue weighted by atomic mass is 32.1. The number of carbonyl (C=O) groups excluding carboxylic acids is 1. The van der Waals surface area contributed by atoms with Crippen LogP contribution in [-0.4, -0.2) is 15.9 Å². The van der Waals surface area contributed by atoms with Gasteiger partial charge in [-0.1, -0.05) is 26.3 Å². The number of pyridine rings is 1. The van der Waals surface area contributed by atoms with Crippen molar-refractivity contribution < 1.29 is 4.79 Å². The van der Waals surface area contributed by atoms with Gasteiger partial charge in [0.25, 0.3) is 0 Å². The molecule has 0 aliphatic rings. The number of anilines is 3. The Balaban J connectivity index is 1.65. The van der Waals surface area contributed by atoms with Gasteiger partial charge in [0.2, 0.25) is 5.91 Å². The number of rotatable bonds is 8. The Bertz CT molecular complexity index is 921. The summed E-state index contributed by atoms with van der Waals surface area (Å²) in [5.74, 6) is 0.682. The van der Waals surface area contributed by atoms with Crippen LogP contribution in [0.4, 0.5) is 16.5 Å². The fraction of sp³-hybridized carbons (Fsp3) is 0.318. The maximum atomic E-state index is 12.2. The average Bonchev–Trinajstić information content (AvgIpc) is 3.13. The molecule has 0 saturated carbocycles. The molecule has 0 spiro atoms. The van der Waals surface area contributed by atoms with E-state index < -0.39 is 0 Å². The number of nitrogens with one attached hydrogen (secondary N) is 2. The molecule has 3 rings (SSSR count).